The molecule has 2 heterocycles. The summed E-state index contributed by atoms with van der Waals surface area (Å²) in [5.41, 5.74) is -6.13. The van der Waals surface area contributed by atoms with Gasteiger partial charge in [-0.2, -0.15) is 0 Å². The summed E-state index contributed by atoms with van der Waals surface area (Å²) in [6.45, 7) is -4.92. The first-order valence-corrected chi connectivity index (χ1v) is 18.8. The summed E-state index contributed by atoms with van der Waals surface area (Å²) in [5.74, 6) is -3.97. The Morgan fingerprint density at radius 2 is 0.839 bits per heavy atom. The summed E-state index contributed by atoms with van der Waals surface area (Å²) >= 11 is 0. The zero-order valence-electron chi connectivity index (χ0n) is 33.9. The predicted octanol–water partition coefficient (Wildman–Crippen LogP) is -2.78. The highest BCUT2D eigenvalue weighted by atomic mass is 16.6. The van der Waals surface area contributed by atoms with Crippen LogP contribution < -0.4 is 34.1 Å². The van der Waals surface area contributed by atoms with Crippen LogP contribution in [0.3, 0.4) is 0 Å². The minimum absolute atomic E-state index is 0.0552. The maximum atomic E-state index is 13.4. The standard InChI is InChI=1S/C38H44N6O18/c1-57-18-15-43-36(54)42(14-17-45)37(55)44(38(43)56)16-19-60-29(47)9-12-40-33(51)39(11-8-28(46)58-2)34(52)41(35(40)53)13-10-30(48)61-20-21-62-32(50)27-7-5-24-22-26(31(49)59-3)6-4-25(24)23-27/h4-7,22-23,45H,8-21H2,1-3H3. The number of carbonyl (C=O) groups excluding carboxylic acids is 5. The lowest BCUT2D eigenvalue weighted by molar-refractivity contribution is -0.145. The SMILES string of the molecule is COCCn1c(=O)n(CCO)c(=O)n(CCOC(=O)CCn2c(=O)n(CCC(=O)OC)c(=O)n(CCC(=O)OCCOC(=O)c3ccc4cc(C(=O)OC)ccc4c3)c2=O)c1=O. The monoisotopic (exact) mass is 872 g/mol. The quantitative estimate of drug-likeness (QED) is 0.0475. The second-order valence-electron chi connectivity index (χ2n) is 13.0. The Bertz CT molecular complexity index is 2680. The highest BCUT2D eigenvalue weighted by Gasteiger charge is 2.20. The van der Waals surface area contributed by atoms with Crippen LogP contribution in [0.4, 0.5) is 0 Å². The number of ether oxygens (including phenoxy) is 6. The van der Waals surface area contributed by atoms with Crippen LogP contribution in [0.15, 0.2) is 65.2 Å². The molecule has 4 aromatic rings. The first-order chi connectivity index (χ1) is 29.7. The summed E-state index contributed by atoms with van der Waals surface area (Å²) < 4.78 is 33.1. The number of benzene rings is 2. The maximum absolute atomic E-state index is 13.4. The molecule has 1 N–H and O–H groups in total. The van der Waals surface area contributed by atoms with Gasteiger partial charge in [-0.05, 0) is 35.0 Å². The lowest BCUT2D eigenvalue weighted by Crippen LogP contribution is -2.55. The van der Waals surface area contributed by atoms with E-state index in [1.54, 1.807) is 24.3 Å². The summed E-state index contributed by atoms with van der Waals surface area (Å²) in [5, 5.41) is 10.6. The second kappa shape index (κ2) is 22.4. The zero-order chi connectivity index (χ0) is 45.5. The molecule has 0 aliphatic rings. The highest BCUT2D eigenvalue weighted by molar-refractivity contribution is 5.99. The van der Waals surface area contributed by atoms with Crippen LogP contribution in [0.1, 0.15) is 40.0 Å². The molecule has 62 heavy (non-hydrogen) atoms. The Balaban J connectivity index is 1.39. The van der Waals surface area contributed by atoms with Crippen LogP contribution in [0.25, 0.3) is 10.8 Å². The first-order valence-electron chi connectivity index (χ1n) is 18.8. The van der Waals surface area contributed by atoms with Crippen molar-refractivity contribution in [2.75, 3.05) is 54.4 Å². The van der Waals surface area contributed by atoms with Gasteiger partial charge >= 0.3 is 64.0 Å². The zero-order valence-corrected chi connectivity index (χ0v) is 33.9. The number of esters is 5. The molecule has 0 saturated heterocycles. The molecule has 0 bridgehead atoms. The largest absolute Gasteiger partial charge is 0.469 e. The second-order valence-corrected chi connectivity index (χ2v) is 13.0. The molecule has 0 spiro atoms. The molecule has 2 aromatic carbocycles. The van der Waals surface area contributed by atoms with Crippen molar-refractivity contribution in [1.29, 1.82) is 0 Å². The van der Waals surface area contributed by atoms with E-state index >= 15 is 0 Å². The van der Waals surface area contributed by atoms with Crippen molar-refractivity contribution in [2.24, 2.45) is 0 Å². The van der Waals surface area contributed by atoms with Gasteiger partial charge in [0.2, 0.25) is 0 Å². The summed E-state index contributed by atoms with van der Waals surface area (Å²) in [7, 11) is 3.67. The number of nitrogens with zero attached hydrogens (tertiary/aromatic N) is 6. The number of rotatable bonds is 22. The normalized spacial score (nSPS) is 11.0. The summed E-state index contributed by atoms with van der Waals surface area (Å²) in [6.07, 6.45) is -1.67. The van der Waals surface area contributed by atoms with Crippen molar-refractivity contribution < 1.29 is 57.5 Å². The maximum Gasteiger partial charge on any atom is 0.338 e. The fourth-order valence-electron chi connectivity index (χ4n) is 5.89. The van der Waals surface area contributed by atoms with E-state index in [2.05, 4.69) is 4.74 Å². The molecule has 0 fully saturated rings. The van der Waals surface area contributed by atoms with Crippen LogP contribution in [-0.4, -0.2) is 117 Å². The highest BCUT2D eigenvalue weighted by Crippen LogP contribution is 2.19. The predicted molar refractivity (Wildman–Crippen MR) is 211 cm³/mol. The van der Waals surface area contributed by atoms with Gasteiger partial charge in [-0.3, -0.25) is 14.4 Å². The first kappa shape index (κ1) is 47.5. The fraction of sp³-hybridized carbons (Fsp3) is 0.447. The lowest BCUT2D eigenvalue weighted by Gasteiger charge is -2.14. The Labute approximate surface area is 348 Å². The van der Waals surface area contributed by atoms with Crippen LogP contribution in [0.2, 0.25) is 0 Å². The van der Waals surface area contributed by atoms with Gasteiger partial charge in [0, 0.05) is 26.7 Å². The van der Waals surface area contributed by atoms with Gasteiger partial charge in [0.15, 0.2) is 0 Å². The van der Waals surface area contributed by atoms with Gasteiger partial charge in [0.05, 0.1) is 77.5 Å². The Hall–Kier alpha value is -7.21. The van der Waals surface area contributed by atoms with Gasteiger partial charge in [0.1, 0.15) is 19.8 Å². The third-order valence-corrected chi connectivity index (χ3v) is 9.11. The molecule has 0 saturated carbocycles. The van der Waals surface area contributed by atoms with Gasteiger partial charge in [-0.1, -0.05) is 12.1 Å². The molecule has 4 rings (SSSR count). The van der Waals surface area contributed by atoms with Crippen LogP contribution >= 0.6 is 0 Å². The average Bonchev–Trinajstić information content (AvgIpc) is 3.26. The van der Waals surface area contributed by atoms with E-state index < -0.39 is 136 Å². The number of fused-ring (bicyclic) bond motifs is 1. The molecular formula is C38H44N6O18. The van der Waals surface area contributed by atoms with E-state index in [9.17, 15) is 57.8 Å². The van der Waals surface area contributed by atoms with Gasteiger partial charge < -0.3 is 33.5 Å². The topological polar surface area (TPSA) is 293 Å². The molecule has 0 atom stereocenters. The molecule has 334 valence electrons. The van der Waals surface area contributed by atoms with E-state index in [1.807, 2.05) is 0 Å². The summed E-state index contributed by atoms with van der Waals surface area (Å²) in [4.78, 5) is 140. The number of aromatic nitrogens is 6. The molecule has 0 amide bonds. The van der Waals surface area contributed by atoms with E-state index in [0.717, 1.165) is 7.11 Å². The van der Waals surface area contributed by atoms with Crippen molar-refractivity contribution in [3.05, 3.63) is 110 Å². The van der Waals surface area contributed by atoms with Crippen molar-refractivity contribution in [3.8, 4) is 0 Å². The molecule has 0 aliphatic carbocycles. The van der Waals surface area contributed by atoms with E-state index in [0.29, 0.717) is 43.7 Å². The average molecular weight is 873 g/mol. The minimum atomic E-state index is -1.21. The number of aliphatic hydroxyl groups excluding tert-OH is 1. The number of aliphatic hydroxyl groups is 1. The molecule has 24 heteroatoms. The molecule has 24 nitrogen and oxygen atoms in total. The molecule has 0 radical (unpaired) electrons. The summed E-state index contributed by atoms with van der Waals surface area (Å²) in [6, 6.07) is 9.41. The van der Waals surface area contributed by atoms with Gasteiger partial charge in [0.25, 0.3) is 0 Å². The van der Waals surface area contributed by atoms with Crippen molar-refractivity contribution >= 4 is 40.6 Å². The fourth-order valence-corrected chi connectivity index (χ4v) is 5.89. The molecule has 0 aliphatic heterocycles. The number of methoxy groups -OCH3 is 3. The Morgan fingerprint density at radius 3 is 1.27 bits per heavy atom. The third-order valence-electron chi connectivity index (χ3n) is 9.11. The Morgan fingerprint density at radius 1 is 0.452 bits per heavy atom. The minimum Gasteiger partial charge on any atom is -0.469 e. The molecule has 0 unspecified atom stereocenters. The number of carbonyl (C=O) groups is 5. The van der Waals surface area contributed by atoms with Gasteiger partial charge in [-0.15, -0.1) is 0 Å². The lowest BCUT2D eigenvalue weighted by atomic mass is 10.0. The van der Waals surface area contributed by atoms with Crippen LogP contribution in [-0.2, 0) is 82.1 Å². The van der Waals surface area contributed by atoms with Crippen molar-refractivity contribution in [2.45, 2.75) is 58.5 Å². The Kier molecular flexibility index (Phi) is 17.2. The number of hydrogen-bond donors (Lipinski definition) is 1. The van der Waals surface area contributed by atoms with E-state index in [1.165, 1.54) is 26.4 Å². The van der Waals surface area contributed by atoms with Gasteiger partial charge in [-0.25, -0.2) is 65.8 Å². The van der Waals surface area contributed by atoms with Crippen LogP contribution in [0, 0.1) is 0 Å². The van der Waals surface area contributed by atoms with Crippen molar-refractivity contribution in [3.63, 3.8) is 0 Å². The van der Waals surface area contributed by atoms with E-state index in [4.69, 9.17) is 23.7 Å². The third kappa shape index (κ3) is 11.7. The van der Waals surface area contributed by atoms with Crippen LogP contribution in [0.5, 0.6) is 0 Å². The smallest absolute Gasteiger partial charge is 0.338 e. The molecular weight excluding hydrogens is 828 g/mol. The molecule has 2 aromatic heterocycles. The van der Waals surface area contributed by atoms with Crippen molar-refractivity contribution in [1.82, 2.24) is 27.4 Å². The van der Waals surface area contributed by atoms with E-state index in [-0.39, 0.29) is 25.3 Å². The number of hydrogen-bond acceptors (Lipinski definition) is 18.